The normalized spacial score (nSPS) is 15.0. The highest BCUT2D eigenvalue weighted by Crippen LogP contribution is 2.43. The van der Waals surface area contributed by atoms with E-state index in [1.807, 2.05) is 21.1 Å². The zero-order valence-electron chi connectivity index (χ0n) is 30.6. The highest BCUT2D eigenvalue weighted by atomic mass is 31.2. The Balaban J connectivity index is 4.47. The van der Waals surface area contributed by atoms with Crippen LogP contribution in [0.4, 0.5) is 0 Å². The van der Waals surface area contributed by atoms with Crippen LogP contribution in [0.25, 0.3) is 0 Å². The monoisotopic (exact) mass is 674 g/mol. The second kappa shape index (κ2) is 30.1. The molecule has 3 atom stereocenters. The third-order valence-electron chi connectivity index (χ3n) is 8.17. The predicted molar refractivity (Wildman–Crippen MR) is 194 cm³/mol. The summed E-state index contributed by atoms with van der Waals surface area (Å²) in [5.74, 6) is -0.168. The number of carbonyl (C=O) groups is 1. The van der Waals surface area contributed by atoms with Crippen molar-refractivity contribution < 1.29 is 32.9 Å². The average Bonchev–Trinajstić information content (AvgIpc) is 2.99. The van der Waals surface area contributed by atoms with Gasteiger partial charge in [0.2, 0.25) is 5.91 Å². The minimum atomic E-state index is -4.31. The van der Waals surface area contributed by atoms with E-state index in [4.69, 9.17) is 9.05 Å². The fraction of sp³-hybridized carbons (Fsp3) is 0.865. The molecule has 0 saturated carbocycles. The number of phosphoric ester groups is 1. The zero-order chi connectivity index (χ0) is 34.4. The second-order valence-corrected chi connectivity index (χ2v) is 15.4. The summed E-state index contributed by atoms with van der Waals surface area (Å²) in [4.78, 5) is 22.9. The molecule has 0 fully saturated rings. The Morgan fingerprint density at radius 3 is 1.72 bits per heavy atom. The van der Waals surface area contributed by atoms with Gasteiger partial charge in [-0.25, -0.2) is 4.57 Å². The van der Waals surface area contributed by atoms with Crippen molar-refractivity contribution in [2.75, 3.05) is 40.9 Å². The lowest BCUT2D eigenvalue weighted by Crippen LogP contribution is -2.46. The molecule has 0 aromatic rings. The van der Waals surface area contributed by atoms with E-state index in [9.17, 15) is 19.4 Å². The molecule has 9 heteroatoms. The smallest absolute Gasteiger partial charge is 0.391 e. The summed E-state index contributed by atoms with van der Waals surface area (Å²) >= 11 is 0. The molecule has 0 saturated heterocycles. The number of likely N-dealkylation sites (N-methyl/N-ethyl adjacent to an activating group) is 1. The number of carbonyl (C=O) groups excluding carboxylic acids is 1. The van der Waals surface area contributed by atoms with Crippen molar-refractivity contribution in [1.29, 1.82) is 0 Å². The molecule has 0 aliphatic rings. The van der Waals surface area contributed by atoms with Crippen LogP contribution in [0.2, 0.25) is 0 Å². The molecular formula is C37H74N2O6P+. The lowest BCUT2D eigenvalue weighted by Gasteiger charge is -2.26. The molecule has 0 aromatic carbocycles. The number of aliphatic hydroxyl groups is 1. The maximum Gasteiger partial charge on any atom is 0.472 e. The van der Waals surface area contributed by atoms with Crippen molar-refractivity contribution in [3.8, 4) is 0 Å². The van der Waals surface area contributed by atoms with Crippen molar-refractivity contribution in [3.63, 3.8) is 0 Å². The van der Waals surface area contributed by atoms with Crippen LogP contribution in [0.1, 0.15) is 155 Å². The Labute approximate surface area is 284 Å². The van der Waals surface area contributed by atoms with E-state index in [1.54, 1.807) is 0 Å². The number of amides is 1. The highest BCUT2D eigenvalue weighted by Gasteiger charge is 2.28. The third kappa shape index (κ3) is 31.6. The highest BCUT2D eigenvalue weighted by molar-refractivity contribution is 7.47. The minimum Gasteiger partial charge on any atom is -0.391 e. The van der Waals surface area contributed by atoms with Crippen LogP contribution in [0.5, 0.6) is 0 Å². The fourth-order valence-electron chi connectivity index (χ4n) is 5.09. The molecular weight excluding hydrogens is 599 g/mol. The van der Waals surface area contributed by atoms with Crippen molar-refractivity contribution in [1.82, 2.24) is 5.32 Å². The van der Waals surface area contributed by atoms with Gasteiger partial charge in [0.1, 0.15) is 13.2 Å². The van der Waals surface area contributed by atoms with Gasteiger partial charge in [0.15, 0.2) is 0 Å². The standard InChI is InChI=1S/C37H73N2O6P/c1-6-8-10-12-14-16-17-18-19-20-21-23-25-27-29-31-37(41)38-35(34-45-46(42,43)44-33-32-39(3,4)5)36(40)30-28-26-24-22-15-13-11-9-7-2/h15,18-19,22,35-36,40H,6-14,16-17,20-21,23-34H2,1-5H3,(H-,38,41,42,43)/p+1/b19-18+,22-15+/t35-,36+/m0/s1. The number of phosphoric acid groups is 1. The van der Waals surface area contributed by atoms with Crippen LogP contribution >= 0.6 is 7.82 Å². The SMILES string of the molecule is CCCCC/C=C/CCCC[C@@H](O)[C@H](COP(=O)(O)OCC[N+](C)(C)C)NC(=O)CCCCCCC/C=C/CCCCCCCC. The lowest BCUT2D eigenvalue weighted by molar-refractivity contribution is -0.870. The lowest BCUT2D eigenvalue weighted by atomic mass is 10.0. The third-order valence-corrected chi connectivity index (χ3v) is 9.16. The van der Waals surface area contributed by atoms with Gasteiger partial charge in [0.05, 0.1) is 39.9 Å². The first kappa shape index (κ1) is 45.0. The average molecular weight is 674 g/mol. The largest absolute Gasteiger partial charge is 0.472 e. The number of hydrogen-bond acceptors (Lipinski definition) is 5. The first-order valence-electron chi connectivity index (χ1n) is 18.7. The van der Waals surface area contributed by atoms with E-state index in [0.717, 1.165) is 57.8 Å². The summed E-state index contributed by atoms with van der Waals surface area (Å²) in [6.07, 6.45) is 32.1. The van der Waals surface area contributed by atoms with Gasteiger partial charge >= 0.3 is 7.82 Å². The maximum atomic E-state index is 12.8. The number of allylic oxidation sites excluding steroid dienone is 4. The summed E-state index contributed by atoms with van der Waals surface area (Å²) in [6, 6.07) is -0.775. The van der Waals surface area contributed by atoms with Crippen LogP contribution in [-0.2, 0) is 18.4 Å². The molecule has 0 aliphatic heterocycles. The van der Waals surface area contributed by atoms with Gasteiger partial charge in [-0.2, -0.15) is 0 Å². The van der Waals surface area contributed by atoms with Gasteiger partial charge in [-0.1, -0.05) is 109 Å². The van der Waals surface area contributed by atoms with Gasteiger partial charge in [0.25, 0.3) is 0 Å². The quantitative estimate of drug-likeness (QED) is 0.0278. The predicted octanol–water partition coefficient (Wildman–Crippen LogP) is 9.41. The molecule has 272 valence electrons. The number of hydrogen-bond donors (Lipinski definition) is 3. The molecule has 3 N–H and O–H groups in total. The number of quaternary nitrogens is 1. The van der Waals surface area contributed by atoms with Gasteiger partial charge in [-0.3, -0.25) is 13.8 Å². The van der Waals surface area contributed by atoms with Crippen LogP contribution in [0, 0.1) is 0 Å². The topological polar surface area (TPSA) is 105 Å². The zero-order valence-corrected chi connectivity index (χ0v) is 31.5. The number of rotatable bonds is 33. The van der Waals surface area contributed by atoms with E-state index in [2.05, 4.69) is 43.5 Å². The van der Waals surface area contributed by atoms with Crippen molar-refractivity contribution in [2.45, 2.75) is 167 Å². The van der Waals surface area contributed by atoms with E-state index in [1.165, 1.54) is 70.6 Å². The molecule has 0 spiro atoms. The molecule has 46 heavy (non-hydrogen) atoms. The Morgan fingerprint density at radius 2 is 1.17 bits per heavy atom. The summed E-state index contributed by atoms with van der Waals surface area (Å²) in [6.45, 7) is 4.78. The fourth-order valence-corrected chi connectivity index (χ4v) is 5.83. The molecule has 1 amide bonds. The molecule has 0 bridgehead atoms. The summed E-state index contributed by atoms with van der Waals surface area (Å²) in [5.41, 5.74) is 0. The van der Waals surface area contributed by atoms with Crippen LogP contribution in [-0.4, -0.2) is 73.4 Å². The number of unbranched alkanes of at least 4 members (excludes halogenated alkanes) is 16. The van der Waals surface area contributed by atoms with Crippen LogP contribution in [0.3, 0.4) is 0 Å². The molecule has 0 rings (SSSR count). The number of nitrogens with zero attached hydrogens (tertiary/aromatic N) is 1. The summed E-state index contributed by atoms with van der Waals surface area (Å²) in [5, 5.41) is 13.8. The first-order valence-corrected chi connectivity index (χ1v) is 20.2. The molecule has 8 nitrogen and oxygen atoms in total. The molecule has 1 unspecified atom stereocenters. The van der Waals surface area contributed by atoms with Crippen LogP contribution < -0.4 is 5.32 Å². The minimum absolute atomic E-state index is 0.0678. The van der Waals surface area contributed by atoms with Gasteiger partial charge in [-0.05, 0) is 64.2 Å². The van der Waals surface area contributed by atoms with E-state index in [0.29, 0.717) is 23.9 Å². The molecule has 0 radical (unpaired) electrons. The maximum absolute atomic E-state index is 12.8. The van der Waals surface area contributed by atoms with Crippen molar-refractivity contribution in [3.05, 3.63) is 24.3 Å². The van der Waals surface area contributed by atoms with Crippen molar-refractivity contribution >= 4 is 13.7 Å². The Morgan fingerprint density at radius 1 is 0.717 bits per heavy atom. The molecule has 0 aliphatic carbocycles. The summed E-state index contributed by atoms with van der Waals surface area (Å²) < 4.78 is 23.4. The first-order chi connectivity index (χ1) is 22.0. The van der Waals surface area contributed by atoms with Gasteiger partial charge in [0, 0.05) is 6.42 Å². The Bertz CT molecular complexity index is 814. The number of aliphatic hydroxyl groups excluding tert-OH is 1. The number of nitrogens with one attached hydrogen (secondary N) is 1. The molecule has 0 aromatic heterocycles. The Kier molecular flexibility index (Phi) is 29.4. The summed E-state index contributed by atoms with van der Waals surface area (Å²) in [7, 11) is 1.59. The van der Waals surface area contributed by atoms with E-state index < -0.39 is 20.0 Å². The molecule has 0 heterocycles. The van der Waals surface area contributed by atoms with Gasteiger partial charge in [-0.15, -0.1) is 0 Å². The van der Waals surface area contributed by atoms with E-state index in [-0.39, 0.29) is 19.1 Å². The van der Waals surface area contributed by atoms with Gasteiger partial charge < -0.3 is 19.8 Å². The van der Waals surface area contributed by atoms with Crippen molar-refractivity contribution in [2.24, 2.45) is 0 Å². The second-order valence-electron chi connectivity index (χ2n) is 13.9. The Hall–Kier alpha value is -1.02. The van der Waals surface area contributed by atoms with Crippen LogP contribution in [0.15, 0.2) is 24.3 Å². The van der Waals surface area contributed by atoms with E-state index >= 15 is 0 Å².